The molecule has 1 rings (SSSR count). The number of carbonyl (C=O) groups is 2. The van der Waals surface area contributed by atoms with Crippen molar-refractivity contribution in [2.75, 3.05) is 7.11 Å². The Labute approximate surface area is 91.2 Å². The summed E-state index contributed by atoms with van der Waals surface area (Å²) in [4.78, 5) is 23.2. The van der Waals surface area contributed by atoms with E-state index in [0.29, 0.717) is 12.2 Å². The molecule has 0 saturated heterocycles. The third-order valence-corrected chi connectivity index (χ3v) is 3.18. The van der Waals surface area contributed by atoms with Gasteiger partial charge in [-0.05, 0) is 19.3 Å². The fourth-order valence-electron chi connectivity index (χ4n) is 2.30. The Hall–Kier alpha value is -0.860. The van der Waals surface area contributed by atoms with Crippen LogP contribution in [0.15, 0.2) is 0 Å². The van der Waals surface area contributed by atoms with Gasteiger partial charge in [0.15, 0.2) is 0 Å². The van der Waals surface area contributed by atoms with Crippen molar-refractivity contribution in [2.24, 2.45) is 17.8 Å². The Bertz CT molecular complexity index is 245. The summed E-state index contributed by atoms with van der Waals surface area (Å²) in [6.45, 7) is 3.84. The maximum absolute atomic E-state index is 11.8. The molecule has 86 valence electrons. The van der Waals surface area contributed by atoms with Crippen LogP contribution in [-0.2, 0) is 14.3 Å². The van der Waals surface area contributed by atoms with Crippen molar-refractivity contribution in [1.29, 1.82) is 0 Å². The predicted octanol–water partition coefficient (Wildman–Crippen LogP) is 2.19. The van der Waals surface area contributed by atoms with Gasteiger partial charge < -0.3 is 4.74 Å². The first-order valence-corrected chi connectivity index (χ1v) is 5.67. The lowest BCUT2D eigenvalue weighted by Crippen LogP contribution is -2.30. The van der Waals surface area contributed by atoms with Crippen LogP contribution < -0.4 is 0 Å². The fraction of sp³-hybridized carbons (Fsp3) is 0.833. The zero-order chi connectivity index (χ0) is 11.4. The van der Waals surface area contributed by atoms with E-state index in [9.17, 15) is 9.59 Å². The highest BCUT2D eigenvalue weighted by molar-refractivity contribution is 5.83. The summed E-state index contributed by atoms with van der Waals surface area (Å²) < 4.78 is 4.73. The van der Waals surface area contributed by atoms with Gasteiger partial charge in [-0.25, -0.2) is 0 Å². The Balaban J connectivity index is 2.56. The number of methoxy groups -OCH3 is 1. The summed E-state index contributed by atoms with van der Waals surface area (Å²) in [5.41, 5.74) is 0. The van der Waals surface area contributed by atoms with Crippen LogP contribution in [0, 0.1) is 17.8 Å². The molecular formula is C12H20O3. The summed E-state index contributed by atoms with van der Waals surface area (Å²) in [6.07, 6.45) is 3.45. The lowest BCUT2D eigenvalue weighted by atomic mass is 9.77. The van der Waals surface area contributed by atoms with E-state index in [2.05, 4.69) is 0 Å². The average molecular weight is 212 g/mol. The SMILES string of the molecule is COC(=O)[C@H]1CCC[C@@H](C(=O)C(C)C)C1. The molecule has 0 aromatic heterocycles. The molecule has 0 aromatic rings. The van der Waals surface area contributed by atoms with Gasteiger partial charge in [-0.3, -0.25) is 9.59 Å². The van der Waals surface area contributed by atoms with Gasteiger partial charge in [0, 0.05) is 11.8 Å². The number of hydrogen-bond donors (Lipinski definition) is 0. The zero-order valence-corrected chi connectivity index (χ0v) is 9.79. The van der Waals surface area contributed by atoms with Gasteiger partial charge in [0.2, 0.25) is 0 Å². The summed E-state index contributed by atoms with van der Waals surface area (Å²) >= 11 is 0. The van der Waals surface area contributed by atoms with Gasteiger partial charge in [-0.15, -0.1) is 0 Å². The molecule has 0 bridgehead atoms. The molecule has 3 nitrogen and oxygen atoms in total. The summed E-state index contributed by atoms with van der Waals surface area (Å²) in [7, 11) is 1.41. The van der Waals surface area contributed by atoms with Gasteiger partial charge in [-0.2, -0.15) is 0 Å². The minimum absolute atomic E-state index is 0.0588. The van der Waals surface area contributed by atoms with Crippen LogP contribution in [0.2, 0.25) is 0 Å². The second-order valence-electron chi connectivity index (χ2n) is 4.64. The molecule has 0 unspecified atom stereocenters. The largest absolute Gasteiger partial charge is 0.469 e. The zero-order valence-electron chi connectivity index (χ0n) is 9.79. The highest BCUT2D eigenvalue weighted by Crippen LogP contribution is 2.31. The number of carbonyl (C=O) groups excluding carboxylic acids is 2. The van der Waals surface area contributed by atoms with E-state index in [4.69, 9.17) is 4.74 Å². The van der Waals surface area contributed by atoms with Crippen molar-refractivity contribution in [3.8, 4) is 0 Å². The number of ketones is 1. The number of esters is 1. The van der Waals surface area contributed by atoms with E-state index < -0.39 is 0 Å². The highest BCUT2D eigenvalue weighted by atomic mass is 16.5. The molecule has 15 heavy (non-hydrogen) atoms. The van der Waals surface area contributed by atoms with E-state index >= 15 is 0 Å². The summed E-state index contributed by atoms with van der Waals surface area (Å²) in [5, 5.41) is 0. The normalized spacial score (nSPS) is 26.4. The Morgan fingerprint density at radius 1 is 1.20 bits per heavy atom. The van der Waals surface area contributed by atoms with Crippen molar-refractivity contribution in [3.63, 3.8) is 0 Å². The van der Waals surface area contributed by atoms with Crippen LogP contribution in [0.3, 0.4) is 0 Å². The van der Waals surface area contributed by atoms with E-state index in [1.165, 1.54) is 7.11 Å². The van der Waals surface area contributed by atoms with Crippen molar-refractivity contribution in [3.05, 3.63) is 0 Å². The van der Waals surface area contributed by atoms with Crippen LogP contribution in [0.4, 0.5) is 0 Å². The molecule has 0 aliphatic heterocycles. The first-order chi connectivity index (χ1) is 7.06. The van der Waals surface area contributed by atoms with Gasteiger partial charge in [-0.1, -0.05) is 20.3 Å². The maximum atomic E-state index is 11.8. The van der Waals surface area contributed by atoms with E-state index in [1.54, 1.807) is 0 Å². The lowest BCUT2D eigenvalue weighted by molar-refractivity contribution is -0.147. The Kier molecular flexibility index (Phi) is 4.30. The smallest absolute Gasteiger partial charge is 0.308 e. The predicted molar refractivity (Wildman–Crippen MR) is 57.3 cm³/mol. The second kappa shape index (κ2) is 5.29. The summed E-state index contributed by atoms with van der Waals surface area (Å²) in [5.74, 6) is 0.227. The molecule has 0 N–H and O–H groups in total. The van der Waals surface area contributed by atoms with Crippen LogP contribution in [0.1, 0.15) is 39.5 Å². The number of rotatable bonds is 3. The van der Waals surface area contributed by atoms with Gasteiger partial charge in [0.05, 0.1) is 13.0 Å². The Morgan fingerprint density at radius 3 is 2.33 bits per heavy atom. The average Bonchev–Trinajstić information content (AvgIpc) is 2.27. The minimum Gasteiger partial charge on any atom is -0.469 e. The van der Waals surface area contributed by atoms with Crippen LogP contribution in [0.5, 0.6) is 0 Å². The molecule has 1 aliphatic carbocycles. The maximum Gasteiger partial charge on any atom is 0.308 e. The first-order valence-electron chi connectivity index (χ1n) is 5.67. The lowest BCUT2D eigenvalue weighted by Gasteiger charge is -2.27. The van der Waals surface area contributed by atoms with Gasteiger partial charge in [0.25, 0.3) is 0 Å². The Morgan fingerprint density at radius 2 is 1.80 bits per heavy atom. The minimum atomic E-state index is -0.156. The fourth-order valence-corrected chi connectivity index (χ4v) is 2.30. The molecule has 1 saturated carbocycles. The molecule has 1 aliphatic rings. The van der Waals surface area contributed by atoms with Crippen LogP contribution >= 0.6 is 0 Å². The first kappa shape index (κ1) is 12.2. The van der Waals surface area contributed by atoms with E-state index in [0.717, 1.165) is 19.3 Å². The molecule has 1 fully saturated rings. The summed E-state index contributed by atoms with van der Waals surface area (Å²) in [6, 6.07) is 0. The molecule has 0 radical (unpaired) electrons. The van der Waals surface area contributed by atoms with E-state index in [1.807, 2.05) is 13.8 Å². The number of hydrogen-bond acceptors (Lipinski definition) is 3. The molecule has 2 atom stereocenters. The van der Waals surface area contributed by atoms with Gasteiger partial charge in [0.1, 0.15) is 5.78 Å². The van der Waals surface area contributed by atoms with Crippen molar-refractivity contribution in [1.82, 2.24) is 0 Å². The molecule has 0 amide bonds. The number of ether oxygens (including phenoxy) is 1. The quantitative estimate of drug-likeness (QED) is 0.673. The van der Waals surface area contributed by atoms with Crippen molar-refractivity contribution in [2.45, 2.75) is 39.5 Å². The van der Waals surface area contributed by atoms with Crippen LogP contribution in [-0.4, -0.2) is 18.9 Å². The monoisotopic (exact) mass is 212 g/mol. The topological polar surface area (TPSA) is 43.4 Å². The van der Waals surface area contributed by atoms with E-state index in [-0.39, 0.29) is 23.7 Å². The van der Waals surface area contributed by atoms with Crippen molar-refractivity contribution >= 4 is 11.8 Å². The third-order valence-electron chi connectivity index (χ3n) is 3.18. The highest BCUT2D eigenvalue weighted by Gasteiger charge is 2.32. The third kappa shape index (κ3) is 3.05. The van der Waals surface area contributed by atoms with Crippen molar-refractivity contribution < 1.29 is 14.3 Å². The molecular weight excluding hydrogens is 192 g/mol. The molecule has 0 heterocycles. The molecule has 0 aromatic carbocycles. The second-order valence-corrected chi connectivity index (χ2v) is 4.64. The molecule has 0 spiro atoms. The van der Waals surface area contributed by atoms with Crippen LogP contribution in [0.25, 0.3) is 0 Å². The number of Topliss-reactive ketones (excluding diaryl/α,β-unsaturated/α-hetero) is 1. The standard InChI is InChI=1S/C12H20O3/c1-8(2)11(13)9-5-4-6-10(7-9)12(14)15-3/h8-10H,4-7H2,1-3H3/t9-,10+/m1/s1. The van der Waals surface area contributed by atoms with Gasteiger partial charge >= 0.3 is 5.97 Å². The molecule has 3 heteroatoms.